The monoisotopic (exact) mass is 438 g/mol. The number of allylic oxidation sites excluding steroid dienone is 1. The topological polar surface area (TPSA) is 66.5 Å². The molecule has 1 aromatic carbocycles. The summed E-state index contributed by atoms with van der Waals surface area (Å²) in [4.78, 5) is 19.1. The number of nitrogens with one attached hydrogen (secondary N) is 2. The van der Waals surface area contributed by atoms with Crippen LogP contribution in [0.5, 0.6) is 5.75 Å². The van der Waals surface area contributed by atoms with Crippen LogP contribution in [0.2, 0.25) is 0 Å². The zero-order valence-electron chi connectivity index (χ0n) is 17.8. The van der Waals surface area contributed by atoms with E-state index in [9.17, 15) is 4.79 Å². The van der Waals surface area contributed by atoms with Gasteiger partial charge in [-0.2, -0.15) is 0 Å². The van der Waals surface area contributed by atoms with E-state index in [1.165, 1.54) is 5.56 Å². The van der Waals surface area contributed by atoms with Crippen LogP contribution in [0, 0.1) is 0 Å². The lowest BCUT2D eigenvalue weighted by molar-refractivity contribution is -0.119. The molecule has 1 aromatic heterocycles. The molecule has 2 aliphatic heterocycles. The Morgan fingerprint density at radius 3 is 2.90 bits per heavy atom. The third-order valence-electron chi connectivity index (χ3n) is 5.52. The van der Waals surface area contributed by atoms with Crippen molar-refractivity contribution in [2.24, 2.45) is 0 Å². The van der Waals surface area contributed by atoms with Gasteiger partial charge in [0.1, 0.15) is 5.75 Å². The zero-order valence-corrected chi connectivity index (χ0v) is 18.6. The highest BCUT2D eigenvalue weighted by atomic mass is 32.2. The molecule has 0 radical (unpaired) electrons. The second-order valence-electron chi connectivity index (χ2n) is 7.92. The van der Waals surface area contributed by atoms with E-state index in [0.717, 1.165) is 62.6 Å². The predicted octanol–water partition coefficient (Wildman–Crippen LogP) is 3.13. The smallest absolute Gasteiger partial charge is 0.228 e. The summed E-state index contributed by atoms with van der Waals surface area (Å²) in [5.41, 5.74) is 3.19. The minimum Gasteiger partial charge on any atom is -0.494 e. The lowest BCUT2D eigenvalue weighted by Crippen LogP contribution is -2.43. The molecule has 1 amide bonds. The molecule has 2 N–H and O–H groups in total. The van der Waals surface area contributed by atoms with Gasteiger partial charge in [0.15, 0.2) is 0 Å². The molecule has 3 heterocycles. The summed E-state index contributed by atoms with van der Waals surface area (Å²) in [5, 5.41) is 8.84. The molecule has 0 aliphatic carbocycles. The number of benzene rings is 1. The van der Waals surface area contributed by atoms with E-state index in [4.69, 9.17) is 4.74 Å². The van der Waals surface area contributed by atoms with E-state index in [1.54, 1.807) is 11.8 Å². The fourth-order valence-electron chi connectivity index (χ4n) is 3.88. The molecule has 0 bridgehead atoms. The van der Waals surface area contributed by atoms with Crippen molar-refractivity contribution in [3.8, 4) is 5.75 Å². The fraction of sp³-hybridized carbons (Fsp3) is 0.417. The third kappa shape index (κ3) is 6.82. The molecular weight excluding hydrogens is 408 g/mol. The summed E-state index contributed by atoms with van der Waals surface area (Å²) >= 11 is 1.74. The van der Waals surface area contributed by atoms with Crippen molar-refractivity contribution in [2.45, 2.75) is 24.5 Å². The fourth-order valence-corrected chi connectivity index (χ4v) is 4.96. The summed E-state index contributed by atoms with van der Waals surface area (Å²) in [7, 11) is 0. The summed E-state index contributed by atoms with van der Waals surface area (Å²) in [6.45, 7) is 6.14. The van der Waals surface area contributed by atoms with E-state index >= 15 is 0 Å². The van der Waals surface area contributed by atoms with Crippen LogP contribution >= 0.6 is 11.8 Å². The molecule has 6 nitrogen and oxygen atoms in total. The Hall–Kier alpha value is -2.35. The Kier molecular flexibility index (Phi) is 7.98. The second-order valence-corrected chi connectivity index (χ2v) is 9.00. The van der Waals surface area contributed by atoms with Crippen LogP contribution in [-0.2, 0) is 11.2 Å². The van der Waals surface area contributed by atoms with Gasteiger partial charge in [-0.15, -0.1) is 11.8 Å². The van der Waals surface area contributed by atoms with Gasteiger partial charge in [0, 0.05) is 62.5 Å². The lowest BCUT2D eigenvalue weighted by Gasteiger charge is -2.26. The molecule has 4 rings (SSSR count). The number of ether oxygens (including phenoxy) is 1. The molecule has 1 atom stereocenters. The van der Waals surface area contributed by atoms with Gasteiger partial charge in [-0.3, -0.25) is 9.78 Å². The molecule has 0 saturated carbocycles. The number of pyridine rings is 1. The standard InChI is InChI=1S/C24H30N4O2S/c29-24(27-21-17-23(31-18-21)20-5-7-25-8-6-20)16-19-3-1-4-22(15-19)30-14-2-11-28-12-9-26-10-13-28/h1,3-8,15,18,23,26H,2,9-14,16-17H2,(H,27,29). The zero-order chi connectivity index (χ0) is 21.3. The predicted molar refractivity (Wildman–Crippen MR) is 125 cm³/mol. The molecule has 2 aromatic rings. The highest BCUT2D eigenvalue weighted by Gasteiger charge is 2.21. The number of hydrogen-bond acceptors (Lipinski definition) is 6. The second kappa shape index (κ2) is 11.3. The van der Waals surface area contributed by atoms with Crippen LogP contribution in [-0.4, -0.2) is 55.1 Å². The summed E-state index contributed by atoms with van der Waals surface area (Å²) in [6.07, 6.45) is 5.81. The molecule has 164 valence electrons. The molecule has 31 heavy (non-hydrogen) atoms. The van der Waals surface area contributed by atoms with Crippen LogP contribution < -0.4 is 15.4 Å². The van der Waals surface area contributed by atoms with Crippen molar-refractivity contribution in [3.63, 3.8) is 0 Å². The molecule has 1 unspecified atom stereocenters. The van der Waals surface area contributed by atoms with Gasteiger partial charge < -0.3 is 20.3 Å². The number of nitrogens with zero attached hydrogens (tertiary/aromatic N) is 2. The Balaban J connectivity index is 1.19. The largest absolute Gasteiger partial charge is 0.494 e. The van der Waals surface area contributed by atoms with Gasteiger partial charge in [-0.1, -0.05) is 12.1 Å². The number of carbonyl (C=O) groups is 1. The number of amides is 1. The Bertz CT molecular complexity index is 884. The van der Waals surface area contributed by atoms with Gasteiger partial charge in [0.05, 0.1) is 13.0 Å². The van der Waals surface area contributed by atoms with Crippen LogP contribution in [0.25, 0.3) is 0 Å². The summed E-state index contributed by atoms with van der Waals surface area (Å²) in [5.74, 6) is 0.845. The maximum atomic E-state index is 12.5. The highest BCUT2D eigenvalue weighted by Crippen LogP contribution is 2.41. The molecule has 0 spiro atoms. The highest BCUT2D eigenvalue weighted by molar-refractivity contribution is 8.02. The van der Waals surface area contributed by atoms with Gasteiger partial charge in [0.2, 0.25) is 5.91 Å². The third-order valence-corrected chi connectivity index (χ3v) is 6.71. The number of piperazine rings is 1. The number of aromatic nitrogens is 1. The van der Waals surface area contributed by atoms with Crippen molar-refractivity contribution >= 4 is 17.7 Å². The van der Waals surface area contributed by atoms with E-state index < -0.39 is 0 Å². The first-order valence-electron chi connectivity index (χ1n) is 11.0. The number of carbonyl (C=O) groups excluding carboxylic acids is 1. The van der Waals surface area contributed by atoms with Crippen molar-refractivity contribution in [3.05, 3.63) is 71.0 Å². The average molecular weight is 439 g/mol. The van der Waals surface area contributed by atoms with Gasteiger partial charge in [0.25, 0.3) is 0 Å². The Morgan fingerprint density at radius 1 is 1.23 bits per heavy atom. The molecule has 1 saturated heterocycles. The molecular formula is C24H30N4O2S. The van der Waals surface area contributed by atoms with Gasteiger partial charge in [-0.05, 0) is 47.2 Å². The molecule has 2 aliphatic rings. The van der Waals surface area contributed by atoms with E-state index in [2.05, 4.69) is 25.9 Å². The minimum absolute atomic E-state index is 0.0121. The van der Waals surface area contributed by atoms with Crippen molar-refractivity contribution < 1.29 is 9.53 Å². The average Bonchev–Trinajstić information content (AvgIpc) is 3.27. The number of thioether (sulfide) groups is 1. The van der Waals surface area contributed by atoms with Crippen molar-refractivity contribution in [2.75, 3.05) is 39.3 Å². The van der Waals surface area contributed by atoms with Crippen molar-refractivity contribution in [1.29, 1.82) is 0 Å². The lowest BCUT2D eigenvalue weighted by atomic mass is 10.1. The van der Waals surface area contributed by atoms with Crippen LogP contribution in [0.3, 0.4) is 0 Å². The van der Waals surface area contributed by atoms with Gasteiger partial charge in [-0.25, -0.2) is 0 Å². The Labute approximate surface area is 188 Å². The first-order chi connectivity index (χ1) is 15.3. The molecule has 1 fully saturated rings. The maximum Gasteiger partial charge on any atom is 0.228 e. The van der Waals surface area contributed by atoms with Crippen LogP contribution in [0.1, 0.15) is 29.2 Å². The minimum atomic E-state index is 0.0121. The van der Waals surface area contributed by atoms with Gasteiger partial charge >= 0.3 is 0 Å². The van der Waals surface area contributed by atoms with Crippen LogP contribution in [0.15, 0.2) is 59.9 Å². The van der Waals surface area contributed by atoms with E-state index in [1.807, 2.05) is 48.8 Å². The normalized spacial score (nSPS) is 19.1. The van der Waals surface area contributed by atoms with Crippen molar-refractivity contribution in [1.82, 2.24) is 20.5 Å². The van der Waals surface area contributed by atoms with Crippen LogP contribution in [0.4, 0.5) is 0 Å². The summed E-state index contributed by atoms with van der Waals surface area (Å²) in [6, 6.07) is 11.9. The quantitative estimate of drug-likeness (QED) is 0.587. The summed E-state index contributed by atoms with van der Waals surface area (Å²) < 4.78 is 5.92. The SMILES string of the molecule is O=C(Cc1cccc(OCCCN2CCNCC2)c1)NC1=CSC(c2ccncc2)C1. The first kappa shape index (κ1) is 21.9. The number of rotatable bonds is 9. The molecule has 7 heteroatoms. The Morgan fingerprint density at radius 2 is 2.06 bits per heavy atom. The maximum absolute atomic E-state index is 12.5. The number of hydrogen-bond donors (Lipinski definition) is 2. The van der Waals surface area contributed by atoms with E-state index in [0.29, 0.717) is 18.3 Å². The van der Waals surface area contributed by atoms with E-state index in [-0.39, 0.29) is 5.91 Å². The first-order valence-corrected chi connectivity index (χ1v) is 11.9.